The van der Waals surface area contributed by atoms with Gasteiger partial charge in [-0.05, 0) is 43.2 Å². The van der Waals surface area contributed by atoms with Crippen LogP contribution in [-0.4, -0.2) is 20.5 Å². The zero-order valence-corrected chi connectivity index (χ0v) is 14.5. The third-order valence-corrected chi connectivity index (χ3v) is 5.30. The number of hydrogen-bond donors (Lipinski definition) is 1. The number of aryl methyl sites for hydroxylation is 2. The number of nitrogens with one attached hydrogen (secondary N) is 1. The molecule has 0 fully saturated rings. The van der Waals surface area contributed by atoms with Gasteiger partial charge in [-0.1, -0.05) is 24.3 Å². The molecule has 0 radical (unpaired) electrons. The SMILES string of the molecule is COc1cc(C)cc(C)c1S(=O)(=O)Nc1cccc2cccnc12. The second-order valence-corrected chi connectivity index (χ2v) is 7.22. The van der Waals surface area contributed by atoms with Crippen LogP contribution in [0, 0.1) is 13.8 Å². The number of benzene rings is 2. The van der Waals surface area contributed by atoms with Crippen molar-refractivity contribution in [3.8, 4) is 5.75 Å². The van der Waals surface area contributed by atoms with Gasteiger partial charge >= 0.3 is 0 Å². The molecule has 0 unspecified atom stereocenters. The molecular formula is C18H18N2O3S. The van der Waals surface area contributed by atoms with Gasteiger partial charge in [0.15, 0.2) is 0 Å². The fraction of sp³-hybridized carbons (Fsp3) is 0.167. The highest BCUT2D eigenvalue weighted by molar-refractivity contribution is 7.93. The van der Waals surface area contributed by atoms with Crippen molar-refractivity contribution in [3.63, 3.8) is 0 Å². The standard InChI is InChI=1S/C18H18N2O3S/c1-12-10-13(2)18(16(11-12)23-3)24(21,22)20-15-8-4-6-14-7-5-9-19-17(14)15/h4-11,20H,1-3H3. The molecule has 0 spiro atoms. The van der Waals surface area contributed by atoms with E-state index in [1.54, 1.807) is 31.3 Å². The van der Waals surface area contributed by atoms with Crippen LogP contribution >= 0.6 is 0 Å². The summed E-state index contributed by atoms with van der Waals surface area (Å²) in [4.78, 5) is 4.42. The molecule has 0 saturated heterocycles. The first kappa shape index (κ1) is 16.3. The number of nitrogens with zero attached hydrogens (tertiary/aromatic N) is 1. The number of anilines is 1. The Labute approximate surface area is 141 Å². The molecule has 124 valence electrons. The number of para-hydroxylation sites is 1. The first-order valence-electron chi connectivity index (χ1n) is 7.44. The molecule has 1 heterocycles. The van der Waals surface area contributed by atoms with E-state index in [2.05, 4.69) is 9.71 Å². The van der Waals surface area contributed by atoms with Gasteiger partial charge in [-0.2, -0.15) is 0 Å². The van der Waals surface area contributed by atoms with Crippen molar-refractivity contribution >= 4 is 26.6 Å². The average molecular weight is 342 g/mol. The van der Waals surface area contributed by atoms with Crippen molar-refractivity contribution in [3.05, 3.63) is 59.8 Å². The first-order valence-corrected chi connectivity index (χ1v) is 8.92. The second-order valence-electron chi connectivity index (χ2n) is 5.60. The number of fused-ring (bicyclic) bond motifs is 1. The summed E-state index contributed by atoms with van der Waals surface area (Å²) < 4.78 is 33.8. The highest BCUT2D eigenvalue weighted by Crippen LogP contribution is 2.31. The highest BCUT2D eigenvalue weighted by Gasteiger charge is 2.23. The van der Waals surface area contributed by atoms with Crippen molar-refractivity contribution in [1.29, 1.82) is 0 Å². The maximum atomic E-state index is 12.9. The maximum absolute atomic E-state index is 12.9. The van der Waals surface area contributed by atoms with E-state index in [1.165, 1.54) is 7.11 Å². The molecule has 1 aromatic heterocycles. The predicted molar refractivity (Wildman–Crippen MR) is 95.0 cm³/mol. The molecule has 0 amide bonds. The normalized spacial score (nSPS) is 11.5. The Kier molecular flexibility index (Phi) is 4.15. The minimum Gasteiger partial charge on any atom is -0.495 e. The molecule has 0 aliphatic rings. The topological polar surface area (TPSA) is 68.3 Å². The quantitative estimate of drug-likeness (QED) is 0.785. The number of aromatic nitrogens is 1. The Morgan fingerprint density at radius 3 is 2.58 bits per heavy atom. The number of sulfonamides is 1. The largest absolute Gasteiger partial charge is 0.495 e. The Morgan fingerprint density at radius 2 is 1.83 bits per heavy atom. The van der Waals surface area contributed by atoms with E-state index < -0.39 is 10.0 Å². The fourth-order valence-electron chi connectivity index (χ4n) is 2.79. The van der Waals surface area contributed by atoms with E-state index in [4.69, 9.17) is 4.74 Å². The molecule has 1 N–H and O–H groups in total. The number of hydrogen-bond acceptors (Lipinski definition) is 4. The van der Waals surface area contributed by atoms with E-state index in [1.807, 2.05) is 31.2 Å². The molecule has 3 aromatic rings. The summed E-state index contributed by atoms with van der Waals surface area (Å²) in [5.41, 5.74) is 2.62. The smallest absolute Gasteiger partial charge is 0.265 e. The first-order chi connectivity index (χ1) is 11.4. The number of methoxy groups -OCH3 is 1. The lowest BCUT2D eigenvalue weighted by atomic mass is 10.1. The van der Waals surface area contributed by atoms with Crippen LogP contribution < -0.4 is 9.46 Å². The Hall–Kier alpha value is -2.60. The molecule has 0 bridgehead atoms. The highest BCUT2D eigenvalue weighted by atomic mass is 32.2. The summed E-state index contributed by atoms with van der Waals surface area (Å²) in [5.74, 6) is 0.327. The van der Waals surface area contributed by atoms with E-state index in [-0.39, 0.29) is 4.90 Å². The van der Waals surface area contributed by atoms with Gasteiger partial charge in [-0.15, -0.1) is 0 Å². The number of ether oxygens (including phenoxy) is 1. The van der Waals surface area contributed by atoms with Crippen LogP contribution in [0.5, 0.6) is 5.75 Å². The monoisotopic (exact) mass is 342 g/mol. The predicted octanol–water partition coefficient (Wildman–Crippen LogP) is 3.66. The van der Waals surface area contributed by atoms with Crippen LogP contribution in [-0.2, 0) is 10.0 Å². The summed E-state index contributed by atoms with van der Waals surface area (Å²) in [7, 11) is -2.34. The summed E-state index contributed by atoms with van der Waals surface area (Å²) in [5, 5.41) is 0.866. The van der Waals surface area contributed by atoms with Crippen LogP contribution in [0.2, 0.25) is 0 Å². The van der Waals surface area contributed by atoms with Gasteiger partial charge in [-0.25, -0.2) is 8.42 Å². The molecule has 3 rings (SSSR count). The summed E-state index contributed by atoms with van der Waals surface area (Å²) in [6, 6.07) is 12.6. The minimum absolute atomic E-state index is 0.142. The van der Waals surface area contributed by atoms with Gasteiger partial charge < -0.3 is 4.74 Å². The summed E-state index contributed by atoms with van der Waals surface area (Å²) in [6.45, 7) is 3.65. The second kappa shape index (κ2) is 6.13. The Balaban J connectivity index is 2.13. The van der Waals surface area contributed by atoms with Gasteiger partial charge in [0.2, 0.25) is 0 Å². The fourth-order valence-corrected chi connectivity index (χ4v) is 4.24. The van der Waals surface area contributed by atoms with Crippen LogP contribution in [0.4, 0.5) is 5.69 Å². The molecule has 2 aromatic carbocycles. The van der Waals surface area contributed by atoms with Crippen LogP contribution in [0.15, 0.2) is 53.6 Å². The molecule has 0 atom stereocenters. The molecule has 6 heteroatoms. The van der Waals surface area contributed by atoms with Crippen molar-refractivity contribution in [2.75, 3.05) is 11.8 Å². The maximum Gasteiger partial charge on any atom is 0.265 e. The van der Waals surface area contributed by atoms with Gasteiger partial charge in [0.25, 0.3) is 10.0 Å². The van der Waals surface area contributed by atoms with Gasteiger partial charge in [0.1, 0.15) is 10.6 Å². The zero-order valence-electron chi connectivity index (χ0n) is 13.7. The van der Waals surface area contributed by atoms with E-state index in [0.717, 1.165) is 10.9 Å². The van der Waals surface area contributed by atoms with Gasteiger partial charge in [0.05, 0.1) is 18.3 Å². The van der Waals surface area contributed by atoms with Crippen molar-refractivity contribution in [2.24, 2.45) is 0 Å². The lowest BCUT2D eigenvalue weighted by Gasteiger charge is -2.15. The third kappa shape index (κ3) is 2.92. The average Bonchev–Trinajstić information content (AvgIpc) is 2.53. The molecule has 0 saturated carbocycles. The molecular weight excluding hydrogens is 324 g/mol. The summed E-state index contributed by atoms with van der Waals surface area (Å²) in [6.07, 6.45) is 1.64. The molecule has 0 aliphatic heterocycles. The number of pyridine rings is 1. The summed E-state index contributed by atoms with van der Waals surface area (Å²) >= 11 is 0. The molecule has 0 aliphatic carbocycles. The van der Waals surface area contributed by atoms with Crippen molar-refractivity contribution < 1.29 is 13.2 Å². The van der Waals surface area contributed by atoms with Crippen molar-refractivity contribution in [1.82, 2.24) is 4.98 Å². The van der Waals surface area contributed by atoms with E-state index >= 15 is 0 Å². The van der Waals surface area contributed by atoms with Crippen LogP contribution in [0.1, 0.15) is 11.1 Å². The van der Waals surface area contributed by atoms with Crippen LogP contribution in [0.25, 0.3) is 10.9 Å². The third-order valence-electron chi connectivity index (χ3n) is 3.75. The molecule has 5 nitrogen and oxygen atoms in total. The molecule has 24 heavy (non-hydrogen) atoms. The lowest BCUT2D eigenvalue weighted by molar-refractivity contribution is 0.402. The lowest BCUT2D eigenvalue weighted by Crippen LogP contribution is -2.16. The van der Waals surface area contributed by atoms with E-state index in [9.17, 15) is 8.42 Å². The Morgan fingerprint density at radius 1 is 1.08 bits per heavy atom. The number of rotatable bonds is 4. The van der Waals surface area contributed by atoms with Crippen LogP contribution in [0.3, 0.4) is 0 Å². The van der Waals surface area contributed by atoms with Gasteiger partial charge in [-0.3, -0.25) is 9.71 Å². The zero-order chi connectivity index (χ0) is 17.3. The Bertz CT molecular complexity index is 1010. The van der Waals surface area contributed by atoms with Gasteiger partial charge in [0, 0.05) is 11.6 Å². The minimum atomic E-state index is -3.81. The van der Waals surface area contributed by atoms with E-state index in [0.29, 0.717) is 22.5 Å². The van der Waals surface area contributed by atoms with Crippen molar-refractivity contribution in [2.45, 2.75) is 18.7 Å².